The van der Waals surface area contributed by atoms with E-state index in [1.165, 1.54) is 6.07 Å². The molecule has 5 heteroatoms. The molecule has 0 unspecified atom stereocenters. The number of phenols is 1. The van der Waals surface area contributed by atoms with Gasteiger partial charge in [-0.15, -0.1) is 0 Å². The van der Waals surface area contributed by atoms with Crippen LogP contribution in [-0.4, -0.2) is 10.1 Å². The third-order valence-corrected chi connectivity index (χ3v) is 3.43. The number of hydrogen-bond donors (Lipinski definition) is 2. The van der Waals surface area contributed by atoms with E-state index in [0.717, 1.165) is 17.0 Å². The second kappa shape index (κ2) is 4.65. The smallest absolute Gasteiger partial charge is 0.137 e. The van der Waals surface area contributed by atoms with Crippen LogP contribution in [0.1, 0.15) is 0 Å². The van der Waals surface area contributed by atoms with Gasteiger partial charge < -0.3 is 10.8 Å². The third-order valence-electron chi connectivity index (χ3n) is 3.12. The van der Waals surface area contributed by atoms with Gasteiger partial charge in [-0.2, -0.15) is 0 Å². The fraction of sp³-hybridized carbons (Fsp3) is 0. The minimum Gasteiger partial charge on any atom is -0.506 e. The molecule has 3 rings (SSSR count). The van der Waals surface area contributed by atoms with Gasteiger partial charge in [0.25, 0.3) is 0 Å². The maximum atomic E-state index is 14.0. The summed E-state index contributed by atoms with van der Waals surface area (Å²) in [6.07, 6.45) is 1.62. The number of halogens is 2. The SMILES string of the molecule is Nc1ccnc2ccc(-c3cc(Cl)c(O)cc3F)cc12. The quantitative estimate of drug-likeness (QED) is 0.712. The molecule has 100 valence electrons. The Kier molecular flexibility index (Phi) is 2.95. The number of nitrogens with two attached hydrogens (primary N) is 1. The summed E-state index contributed by atoms with van der Waals surface area (Å²) >= 11 is 5.83. The monoisotopic (exact) mass is 288 g/mol. The van der Waals surface area contributed by atoms with Crippen molar-refractivity contribution in [3.05, 3.63) is 53.4 Å². The van der Waals surface area contributed by atoms with Crippen molar-refractivity contribution in [3.63, 3.8) is 0 Å². The first kappa shape index (κ1) is 12.7. The summed E-state index contributed by atoms with van der Waals surface area (Å²) in [5.74, 6) is -0.830. The van der Waals surface area contributed by atoms with Crippen LogP contribution in [0.2, 0.25) is 5.02 Å². The van der Waals surface area contributed by atoms with E-state index in [-0.39, 0.29) is 10.8 Å². The lowest BCUT2D eigenvalue weighted by molar-refractivity contribution is 0.469. The fourth-order valence-corrected chi connectivity index (χ4v) is 2.26. The minimum absolute atomic E-state index is 0.0978. The van der Waals surface area contributed by atoms with E-state index < -0.39 is 5.82 Å². The summed E-state index contributed by atoms with van der Waals surface area (Å²) in [6, 6.07) is 9.33. The summed E-state index contributed by atoms with van der Waals surface area (Å²) in [4.78, 5) is 4.19. The summed E-state index contributed by atoms with van der Waals surface area (Å²) in [7, 11) is 0. The molecule has 0 aliphatic carbocycles. The lowest BCUT2D eigenvalue weighted by Gasteiger charge is -2.08. The second-order valence-corrected chi connectivity index (χ2v) is 4.82. The van der Waals surface area contributed by atoms with Gasteiger partial charge in [-0.1, -0.05) is 17.7 Å². The summed E-state index contributed by atoms with van der Waals surface area (Å²) < 4.78 is 14.0. The molecule has 0 amide bonds. The van der Waals surface area contributed by atoms with Gasteiger partial charge in [0, 0.05) is 28.9 Å². The topological polar surface area (TPSA) is 59.1 Å². The van der Waals surface area contributed by atoms with Gasteiger partial charge >= 0.3 is 0 Å². The fourth-order valence-electron chi connectivity index (χ4n) is 2.09. The molecule has 0 spiro atoms. The number of aromatic hydroxyl groups is 1. The molecule has 3 aromatic rings. The lowest BCUT2D eigenvalue weighted by atomic mass is 10.0. The molecule has 1 aromatic heterocycles. The molecule has 0 saturated carbocycles. The normalized spacial score (nSPS) is 10.9. The number of hydrogen-bond acceptors (Lipinski definition) is 3. The van der Waals surface area contributed by atoms with Gasteiger partial charge in [0.2, 0.25) is 0 Å². The molecule has 2 aromatic carbocycles. The van der Waals surface area contributed by atoms with Gasteiger partial charge in [0.05, 0.1) is 10.5 Å². The van der Waals surface area contributed by atoms with E-state index in [1.54, 1.807) is 30.5 Å². The highest BCUT2D eigenvalue weighted by Crippen LogP contribution is 2.34. The molecule has 1 heterocycles. The van der Waals surface area contributed by atoms with Crippen molar-refractivity contribution < 1.29 is 9.50 Å². The first-order valence-electron chi connectivity index (χ1n) is 5.89. The number of nitrogen functional groups attached to an aromatic ring is 1. The van der Waals surface area contributed by atoms with Gasteiger partial charge in [-0.3, -0.25) is 4.98 Å². The molecule has 3 N–H and O–H groups in total. The highest BCUT2D eigenvalue weighted by Gasteiger charge is 2.11. The van der Waals surface area contributed by atoms with Gasteiger partial charge in [-0.05, 0) is 29.8 Å². The van der Waals surface area contributed by atoms with Crippen LogP contribution in [0.25, 0.3) is 22.0 Å². The van der Waals surface area contributed by atoms with Crippen LogP contribution in [-0.2, 0) is 0 Å². The molecule has 0 bridgehead atoms. The van der Waals surface area contributed by atoms with Crippen molar-refractivity contribution in [2.24, 2.45) is 0 Å². The maximum Gasteiger partial charge on any atom is 0.137 e. The average Bonchev–Trinajstić information content (AvgIpc) is 2.43. The maximum absolute atomic E-state index is 14.0. The van der Waals surface area contributed by atoms with Gasteiger partial charge in [0.15, 0.2) is 0 Å². The van der Waals surface area contributed by atoms with Crippen LogP contribution in [0.5, 0.6) is 5.75 Å². The predicted molar refractivity (Wildman–Crippen MR) is 78.2 cm³/mol. The molecular formula is C15H10ClFN2O. The Morgan fingerprint density at radius 2 is 1.95 bits per heavy atom. The zero-order valence-electron chi connectivity index (χ0n) is 10.3. The van der Waals surface area contributed by atoms with E-state index >= 15 is 0 Å². The van der Waals surface area contributed by atoms with Crippen molar-refractivity contribution in [2.75, 3.05) is 5.73 Å². The average molecular weight is 289 g/mol. The molecule has 0 aliphatic rings. The summed E-state index contributed by atoms with van der Waals surface area (Å²) in [5.41, 5.74) is 8.13. The van der Waals surface area contributed by atoms with Crippen molar-refractivity contribution in [3.8, 4) is 16.9 Å². The Morgan fingerprint density at radius 3 is 2.75 bits per heavy atom. The Morgan fingerprint density at radius 1 is 1.15 bits per heavy atom. The zero-order chi connectivity index (χ0) is 14.3. The second-order valence-electron chi connectivity index (χ2n) is 4.42. The largest absolute Gasteiger partial charge is 0.506 e. The van der Waals surface area contributed by atoms with Crippen molar-refractivity contribution >= 4 is 28.2 Å². The lowest BCUT2D eigenvalue weighted by Crippen LogP contribution is -1.90. The number of rotatable bonds is 1. The molecule has 0 atom stereocenters. The van der Waals surface area contributed by atoms with E-state index in [2.05, 4.69) is 4.98 Å². The zero-order valence-corrected chi connectivity index (χ0v) is 11.0. The number of aromatic nitrogens is 1. The minimum atomic E-state index is -0.547. The van der Waals surface area contributed by atoms with Crippen molar-refractivity contribution in [1.29, 1.82) is 0 Å². The van der Waals surface area contributed by atoms with E-state index in [0.29, 0.717) is 16.8 Å². The number of fused-ring (bicyclic) bond motifs is 1. The Hall–Kier alpha value is -2.33. The molecular weight excluding hydrogens is 279 g/mol. The van der Waals surface area contributed by atoms with Crippen LogP contribution < -0.4 is 5.73 Å². The molecule has 3 nitrogen and oxygen atoms in total. The Labute approximate surface area is 119 Å². The van der Waals surface area contributed by atoms with Gasteiger partial charge in [0.1, 0.15) is 11.6 Å². The standard InChI is InChI=1S/C15H10ClFN2O/c16-11-6-9(12(17)7-15(11)20)8-1-2-14-10(5-8)13(18)3-4-19-14/h1-7,20H,(H2,18,19). The van der Waals surface area contributed by atoms with Crippen molar-refractivity contribution in [2.45, 2.75) is 0 Å². The Bertz CT molecular complexity index is 820. The molecule has 0 radical (unpaired) electrons. The number of phenolic OH excluding ortho intramolecular Hbond substituents is 1. The number of anilines is 1. The Balaban J connectivity index is 2.25. The molecule has 20 heavy (non-hydrogen) atoms. The highest BCUT2D eigenvalue weighted by atomic mass is 35.5. The predicted octanol–water partition coefficient (Wildman–Crippen LogP) is 3.98. The third kappa shape index (κ3) is 2.04. The van der Waals surface area contributed by atoms with E-state index in [1.807, 2.05) is 0 Å². The first-order chi connectivity index (χ1) is 9.56. The molecule has 0 saturated heterocycles. The van der Waals surface area contributed by atoms with Crippen LogP contribution in [0, 0.1) is 5.82 Å². The molecule has 0 aliphatic heterocycles. The van der Waals surface area contributed by atoms with Gasteiger partial charge in [-0.25, -0.2) is 4.39 Å². The number of nitrogens with zero attached hydrogens (tertiary/aromatic N) is 1. The number of pyridine rings is 1. The van der Waals surface area contributed by atoms with Crippen LogP contribution in [0.4, 0.5) is 10.1 Å². The van der Waals surface area contributed by atoms with E-state index in [9.17, 15) is 9.50 Å². The highest BCUT2D eigenvalue weighted by molar-refractivity contribution is 6.32. The van der Waals surface area contributed by atoms with E-state index in [4.69, 9.17) is 17.3 Å². The van der Waals surface area contributed by atoms with Crippen LogP contribution in [0.3, 0.4) is 0 Å². The van der Waals surface area contributed by atoms with Crippen molar-refractivity contribution in [1.82, 2.24) is 4.98 Å². The van der Waals surface area contributed by atoms with Crippen LogP contribution in [0.15, 0.2) is 42.6 Å². The number of benzene rings is 2. The summed E-state index contributed by atoms with van der Waals surface area (Å²) in [5, 5.41) is 10.2. The molecule has 0 fully saturated rings. The summed E-state index contributed by atoms with van der Waals surface area (Å²) in [6.45, 7) is 0. The first-order valence-corrected chi connectivity index (χ1v) is 6.26. The van der Waals surface area contributed by atoms with Crippen LogP contribution >= 0.6 is 11.6 Å².